The number of unbranched alkanes of at least 4 members (excludes halogenated alkanes) is 15. The van der Waals surface area contributed by atoms with Crippen LogP contribution in [0, 0.1) is 0 Å². The van der Waals surface area contributed by atoms with Gasteiger partial charge in [0.2, 0.25) is 0 Å². The summed E-state index contributed by atoms with van der Waals surface area (Å²) in [5.41, 5.74) is 2.69. The van der Waals surface area contributed by atoms with E-state index in [0.29, 0.717) is 0 Å². The fraction of sp³-hybridized carbons (Fsp3) is 0.600. The molecule has 0 amide bonds. The molecule has 33 heavy (non-hydrogen) atoms. The van der Waals surface area contributed by atoms with Gasteiger partial charge in [-0.15, -0.1) is 0 Å². The van der Waals surface area contributed by atoms with Gasteiger partial charge in [0.15, 0.2) is 0 Å². The smallest absolute Gasteiger partial charge is 0.0502 e. The zero-order chi connectivity index (χ0) is 23.3. The SMILES string of the molecule is CCCCCCCCCCCCCCCCCCn1c2cc(Br)ccc2c2ccc(Br)cc21. The topological polar surface area (TPSA) is 4.93 Å². The minimum atomic E-state index is 1.10. The average Bonchev–Trinajstić information content (AvgIpc) is 3.10. The van der Waals surface area contributed by atoms with E-state index in [1.54, 1.807) is 0 Å². The Morgan fingerprint density at radius 2 is 0.879 bits per heavy atom. The highest BCUT2D eigenvalue weighted by atomic mass is 79.9. The minimum Gasteiger partial charge on any atom is -0.340 e. The lowest BCUT2D eigenvalue weighted by molar-refractivity contribution is 0.524. The van der Waals surface area contributed by atoms with Crippen molar-refractivity contribution in [1.82, 2.24) is 4.57 Å². The molecule has 0 saturated carbocycles. The van der Waals surface area contributed by atoms with Gasteiger partial charge < -0.3 is 4.57 Å². The van der Waals surface area contributed by atoms with Crippen LogP contribution >= 0.6 is 31.9 Å². The van der Waals surface area contributed by atoms with E-state index in [9.17, 15) is 0 Å². The van der Waals surface area contributed by atoms with Crippen molar-refractivity contribution in [3.05, 3.63) is 45.3 Å². The largest absolute Gasteiger partial charge is 0.340 e. The third-order valence-electron chi connectivity index (χ3n) is 7.03. The van der Waals surface area contributed by atoms with E-state index in [2.05, 4.69) is 79.7 Å². The third-order valence-corrected chi connectivity index (χ3v) is 8.01. The molecule has 1 heterocycles. The van der Waals surface area contributed by atoms with Crippen molar-refractivity contribution >= 4 is 53.7 Å². The summed E-state index contributed by atoms with van der Waals surface area (Å²) >= 11 is 7.33. The molecule has 0 aliphatic rings. The monoisotopic (exact) mass is 575 g/mol. The summed E-state index contributed by atoms with van der Waals surface area (Å²) in [7, 11) is 0. The minimum absolute atomic E-state index is 1.10. The van der Waals surface area contributed by atoms with Gasteiger partial charge >= 0.3 is 0 Å². The van der Waals surface area contributed by atoms with Crippen molar-refractivity contribution in [3.8, 4) is 0 Å². The Morgan fingerprint density at radius 1 is 0.515 bits per heavy atom. The van der Waals surface area contributed by atoms with E-state index in [0.717, 1.165) is 15.5 Å². The molecule has 0 saturated heterocycles. The van der Waals surface area contributed by atoms with E-state index < -0.39 is 0 Å². The van der Waals surface area contributed by atoms with Crippen molar-refractivity contribution in [1.29, 1.82) is 0 Å². The summed E-state index contributed by atoms with van der Waals surface area (Å²) in [6.07, 6.45) is 22.7. The number of aromatic nitrogens is 1. The maximum Gasteiger partial charge on any atom is 0.0502 e. The summed E-state index contributed by atoms with van der Waals surface area (Å²) in [5.74, 6) is 0. The molecule has 2 aromatic carbocycles. The Morgan fingerprint density at radius 3 is 1.27 bits per heavy atom. The van der Waals surface area contributed by atoms with Gasteiger partial charge in [-0.2, -0.15) is 0 Å². The molecular weight excluding hydrogens is 534 g/mol. The number of halogens is 2. The first-order chi connectivity index (χ1) is 16.2. The van der Waals surface area contributed by atoms with Crippen LogP contribution < -0.4 is 0 Å². The van der Waals surface area contributed by atoms with Gasteiger partial charge in [-0.1, -0.05) is 147 Å². The molecule has 182 valence electrons. The molecule has 0 aliphatic carbocycles. The van der Waals surface area contributed by atoms with Crippen LogP contribution in [0.3, 0.4) is 0 Å². The summed E-state index contributed by atoms with van der Waals surface area (Å²) in [5, 5.41) is 2.72. The van der Waals surface area contributed by atoms with E-state index in [1.807, 2.05) is 0 Å². The van der Waals surface area contributed by atoms with Crippen molar-refractivity contribution in [3.63, 3.8) is 0 Å². The lowest BCUT2D eigenvalue weighted by atomic mass is 10.0. The lowest BCUT2D eigenvalue weighted by Gasteiger charge is -2.08. The summed E-state index contributed by atoms with van der Waals surface area (Å²) < 4.78 is 4.83. The van der Waals surface area contributed by atoms with Crippen molar-refractivity contribution < 1.29 is 0 Å². The van der Waals surface area contributed by atoms with Gasteiger partial charge in [-0.25, -0.2) is 0 Å². The highest BCUT2D eigenvalue weighted by Gasteiger charge is 2.11. The highest BCUT2D eigenvalue weighted by Crippen LogP contribution is 2.33. The zero-order valence-corrected chi connectivity index (χ0v) is 23.9. The molecule has 0 radical (unpaired) electrons. The molecule has 1 nitrogen and oxygen atoms in total. The summed E-state index contributed by atoms with van der Waals surface area (Å²) in [6.45, 7) is 3.40. The van der Waals surface area contributed by atoms with Crippen LogP contribution in [-0.2, 0) is 6.54 Å². The second-order valence-electron chi connectivity index (χ2n) is 9.78. The van der Waals surface area contributed by atoms with Crippen LogP contribution in [0.5, 0.6) is 0 Å². The third kappa shape index (κ3) is 8.73. The van der Waals surface area contributed by atoms with Crippen molar-refractivity contribution in [2.45, 2.75) is 116 Å². The van der Waals surface area contributed by atoms with Crippen LogP contribution in [0.1, 0.15) is 110 Å². The maximum atomic E-state index is 3.67. The molecule has 1 aromatic heterocycles. The van der Waals surface area contributed by atoms with E-state index in [1.165, 1.54) is 125 Å². The number of hydrogen-bond acceptors (Lipinski definition) is 0. The lowest BCUT2D eigenvalue weighted by Crippen LogP contribution is -1.98. The number of nitrogens with zero attached hydrogens (tertiary/aromatic N) is 1. The quantitative estimate of drug-likeness (QED) is 0.141. The molecular formula is C30H43Br2N. The van der Waals surface area contributed by atoms with Gasteiger partial charge in [0.05, 0.1) is 11.0 Å². The molecule has 0 aliphatic heterocycles. The first kappa shape index (κ1) is 26.8. The molecule has 3 rings (SSSR count). The van der Waals surface area contributed by atoms with Crippen LogP contribution in [-0.4, -0.2) is 4.57 Å². The van der Waals surface area contributed by atoms with Crippen molar-refractivity contribution in [2.75, 3.05) is 0 Å². The zero-order valence-electron chi connectivity index (χ0n) is 20.7. The fourth-order valence-corrected chi connectivity index (χ4v) is 5.80. The highest BCUT2D eigenvalue weighted by molar-refractivity contribution is 9.10. The van der Waals surface area contributed by atoms with E-state index in [-0.39, 0.29) is 0 Å². The number of rotatable bonds is 17. The molecule has 0 fully saturated rings. The van der Waals surface area contributed by atoms with Crippen LogP contribution in [0.25, 0.3) is 21.8 Å². The normalized spacial score (nSPS) is 11.7. The first-order valence-corrected chi connectivity index (χ1v) is 15.2. The predicted molar refractivity (Wildman–Crippen MR) is 154 cm³/mol. The standard InChI is InChI=1S/C30H43Br2N/c1-2-3-4-5-6-7-8-9-10-11-12-13-14-15-16-17-22-33-29-23-25(31)18-20-27(29)28-21-19-26(32)24-30(28)33/h18-21,23-24H,2-17,22H2,1H3. The Balaban J connectivity index is 1.28. The number of fused-ring (bicyclic) bond motifs is 3. The second kappa shape index (κ2) is 15.2. The first-order valence-electron chi connectivity index (χ1n) is 13.6. The van der Waals surface area contributed by atoms with Gasteiger partial charge in [-0.3, -0.25) is 0 Å². The number of aryl methyl sites for hydroxylation is 1. The van der Waals surface area contributed by atoms with Gasteiger partial charge in [0, 0.05) is 26.3 Å². The average molecular weight is 577 g/mol. The Bertz CT molecular complexity index is 899. The summed E-state index contributed by atoms with van der Waals surface area (Å²) in [4.78, 5) is 0. The van der Waals surface area contributed by atoms with Crippen LogP contribution in [0.2, 0.25) is 0 Å². The van der Waals surface area contributed by atoms with Crippen LogP contribution in [0.15, 0.2) is 45.3 Å². The van der Waals surface area contributed by atoms with Gasteiger partial charge in [0.25, 0.3) is 0 Å². The van der Waals surface area contributed by atoms with Gasteiger partial charge in [0.1, 0.15) is 0 Å². The molecule has 0 bridgehead atoms. The number of hydrogen-bond donors (Lipinski definition) is 0. The summed E-state index contributed by atoms with van der Waals surface area (Å²) in [6, 6.07) is 13.4. The molecule has 0 atom stereocenters. The van der Waals surface area contributed by atoms with Gasteiger partial charge in [-0.05, 0) is 30.7 Å². The Labute approximate surface area is 219 Å². The van der Waals surface area contributed by atoms with E-state index in [4.69, 9.17) is 0 Å². The van der Waals surface area contributed by atoms with Crippen molar-refractivity contribution in [2.24, 2.45) is 0 Å². The molecule has 3 aromatic rings. The van der Waals surface area contributed by atoms with Crippen LogP contribution in [0.4, 0.5) is 0 Å². The Hall–Kier alpha value is -0.800. The molecule has 0 unspecified atom stereocenters. The van der Waals surface area contributed by atoms with E-state index >= 15 is 0 Å². The predicted octanol–water partition coefficient (Wildman–Crippen LogP) is 11.6. The molecule has 0 spiro atoms. The number of benzene rings is 2. The fourth-order valence-electron chi connectivity index (χ4n) is 5.10. The Kier molecular flexibility index (Phi) is 12.4. The molecule has 3 heteroatoms. The second-order valence-corrected chi connectivity index (χ2v) is 11.6. The maximum absolute atomic E-state index is 3.67. The molecule has 0 N–H and O–H groups in total.